The third-order valence-corrected chi connectivity index (χ3v) is 5.36. The maximum atomic E-state index is 13.2. The lowest BCUT2D eigenvalue weighted by atomic mass is 10.2. The van der Waals surface area contributed by atoms with Crippen molar-refractivity contribution in [3.63, 3.8) is 0 Å². The highest BCUT2D eigenvalue weighted by atomic mass is 32.2. The Hall–Kier alpha value is -3.72. The van der Waals surface area contributed by atoms with Crippen molar-refractivity contribution in [1.82, 2.24) is 29.5 Å². The number of para-hydroxylation sites is 2. The molecular formula is C20H15N7OS. The van der Waals surface area contributed by atoms with Gasteiger partial charge in [0.2, 0.25) is 0 Å². The SMILES string of the molecule is Nc1ncnc2nc(SCc3nc4ccccc4c(=O)n3-c3ccccc3)[nH]c12. The number of H-pyrrole nitrogens is 1. The van der Waals surface area contributed by atoms with Crippen molar-refractivity contribution in [3.05, 3.63) is 77.1 Å². The molecular weight excluding hydrogens is 386 g/mol. The molecule has 0 amide bonds. The van der Waals surface area contributed by atoms with E-state index in [2.05, 4.69) is 19.9 Å². The van der Waals surface area contributed by atoms with E-state index in [1.54, 1.807) is 10.6 Å². The van der Waals surface area contributed by atoms with Gasteiger partial charge in [-0.25, -0.2) is 19.9 Å². The van der Waals surface area contributed by atoms with Crippen molar-refractivity contribution < 1.29 is 0 Å². The number of nitrogens with one attached hydrogen (secondary N) is 1. The largest absolute Gasteiger partial charge is 0.382 e. The molecule has 0 saturated heterocycles. The van der Waals surface area contributed by atoms with Crippen LogP contribution in [-0.2, 0) is 5.75 Å². The molecule has 142 valence electrons. The summed E-state index contributed by atoms with van der Waals surface area (Å²) < 4.78 is 1.64. The number of hydrogen-bond donors (Lipinski definition) is 2. The van der Waals surface area contributed by atoms with E-state index in [0.717, 1.165) is 5.69 Å². The van der Waals surface area contributed by atoms with Crippen LogP contribution in [0, 0.1) is 0 Å². The molecule has 29 heavy (non-hydrogen) atoms. The van der Waals surface area contributed by atoms with Crippen LogP contribution in [0.25, 0.3) is 27.8 Å². The molecule has 8 nitrogen and oxygen atoms in total. The van der Waals surface area contributed by atoms with Gasteiger partial charge in [-0.15, -0.1) is 0 Å². The predicted octanol–water partition coefficient (Wildman–Crippen LogP) is 2.93. The number of fused-ring (bicyclic) bond motifs is 2. The standard InChI is InChI=1S/C20H15N7OS/c21-17-16-18(23-11-22-17)26-20(25-16)29-10-15-24-14-9-5-4-8-13(14)19(28)27(15)12-6-2-1-3-7-12/h1-9,11H,10H2,(H3,21,22,23,25,26). The molecule has 0 atom stereocenters. The average molecular weight is 401 g/mol. The first-order valence-electron chi connectivity index (χ1n) is 8.86. The predicted molar refractivity (Wildman–Crippen MR) is 113 cm³/mol. The molecule has 0 aliphatic rings. The topological polar surface area (TPSA) is 115 Å². The van der Waals surface area contributed by atoms with E-state index in [1.807, 2.05) is 48.5 Å². The molecule has 5 aromatic rings. The number of imidazole rings is 1. The van der Waals surface area contributed by atoms with Crippen LogP contribution in [0.2, 0.25) is 0 Å². The zero-order chi connectivity index (χ0) is 19.8. The quantitative estimate of drug-likeness (QED) is 0.445. The van der Waals surface area contributed by atoms with E-state index in [-0.39, 0.29) is 5.56 Å². The van der Waals surface area contributed by atoms with E-state index >= 15 is 0 Å². The maximum Gasteiger partial charge on any atom is 0.265 e. The molecule has 2 aromatic carbocycles. The van der Waals surface area contributed by atoms with Crippen molar-refractivity contribution in [2.45, 2.75) is 10.9 Å². The minimum atomic E-state index is -0.0999. The second kappa shape index (κ2) is 7.02. The zero-order valence-electron chi connectivity index (χ0n) is 15.1. The van der Waals surface area contributed by atoms with Gasteiger partial charge in [0.15, 0.2) is 16.6 Å². The third-order valence-electron chi connectivity index (χ3n) is 4.49. The molecule has 0 unspecified atom stereocenters. The highest BCUT2D eigenvalue weighted by molar-refractivity contribution is 7.98. The van der Waals surface area contributed by atoms with Gasteiger partial charge in [0, 0.05) is 0 Å². The van der Waals surface area contributed by atoms with Crippen LogP contribution in [0.1, 0.15) is 5.82 Å². The molecule has 5 rings (SSSR count). The van der Waals surface area contributed by atoms with E-state index in [1.165, 1.54) is 18.1 Å². The molecule has 0 bridgehead atoms. The number of benzene rings is 2. The van der Waals surface area contributed by atoms with Gasteiger partial charge in [-0.2, -0.15) is 0 Å². The number of anilines is 1. The van der Waals surface area contributed by atoms with Gasteiger partial charge in [-0.05, 0) is 24.3 Å². The van der Waals surface area contributed by atoms with Crippen molar-refractivity contribution in [2.24, 2.45) is 0 Å². The third kappa shape index (κ3) is 3.11. The van der Waals surface area contributed by atoms with Gasteiger partial charge in [-0.3, -0.25) is 9.36 Å². The summed E-state index contributed by atoms with van der Waals surface area (Å²) in [5, 5.41) is 1.21. The highest BCUT2D eigenvalue weighted by Gasteiger charge is 2.14. The molecule has 0 aliphatic carbocycles. The van der Waals surface area contributed by atoms with Crippen LogP contribution >= 0.6 is 11.8 Å². The van der Waals surface area contributed by atoms with Crippen LogP contribution in [0.5, 0.6) is 0 Å². The Balaban J connectivity index is 1.59. The number of thioether (sulfide) groups is 1. The molecule has 3 N–H and O–H groups in total. The summed E-state index contributed by atoms with van der Waals surface area (Å²) in [4.78, 5) is 33.6. The average Bonchev–Trinajstić information content (AvgIpc) is 3.18. The van der Waals surface area contributed by atoms with Crippen LogP contribution in [0.15, 0.2) is 70.9 Å². The zero-order valence-corrected chi connectivity index (χ0v) is 15.9. The number of nitrogens with two attached hydrogens (primary N) is 1. The fourth-order valence-corrected chi connectivity index (χ4v) is 3.93. The van der Waals surface area contributed by atoms with Gasteiger partial charge >= 0.3 is 0 Å². The molecule has 0 aliphatic heterocycles. The summed E-state index contributed by atoms with van der Waals surface area (Å²) in [6, 6.07) is 16.8. The van der Waals surface area contributed by atoms with Gasteiger partial charge in [0.25, 0.3) is 5.56 Å². The van der Waals surface area contributed by atoms with E-state index in [4.69, 9.17) is 10.7 Å². The Morgan fingerprint density at radius 1 is 1.00 bits per heavy atom. The molecule has 0 radical (unpaired) electrons. The lowest BCUT2D eigenvalue weighted by molar-refractivity contribution is 0.882. The number of nitrogen functional groups attached to an aromatic ring is 1. The van der Waals surface area contributed by atoms with Crippen LogP contribution in [0.3, 0.4) is 0 Å². The van der Waals surface area contributed by atoms with E-state index < -0.39 is 0 Å². The summed E-state index contributed by atoms with van der Waals surface area (Å²) in [6.45, 7) is 0. The lowest BCUT2D eigenvalue weighted by Gasteiger charge is -2.13. The summed E-state index contributed by atoms with van der Waals surface area (Å²) in [6.07, 6.45) is 1.38. The minimum absolute atomic E-state index is 0.0999. The number of aromatic nitrogens is 6. The Morgan fingerprint density at radius 2 is 1.79 bits per heavy atom. The molecule has 0 saturated carbocycles. The number of aromatic amines is 1. The van der Waals surface area contributed by atoms with Crippen molar-refractivity contribution in [2.75, 3.05) is 5.73 Å². The second-order valence-corrected chi connectivity index (χ2v) is 7.27. The number of rotatable bonds is 4. The molecule has 3 heterocycles. The van der Waals surface area contributed by atoms with Crippen molar-refractivity contribution >= 4 is 39.6 Å². The molecule has 9 heteroatoms. The highest BCUT2D eigenvalue weighted by Crippen LogP contribution is 2.24. The Kier molecular flexibility index (Phi) is 4.21. The first-order chi connectivity index (χ1) is 14.2. The number of hydrogen-bond acceptors (Lipinski definition) is 7. The van der Waals surface area contributed by atoms with Gasteiger partial charge < -0.3 is 10.7 Å². The lowest BCUT2D eigenvalue weighted by Crippen LogP contribution is -2.23. The van der Waals surface area contributed by atoms with Crippen LogP contribution in [-0.4, -0.2) is 29.5 Å². The summed E-state index contributed by atoms with van der Waals surface area (Å²) in [7, 11) is 0. The van der Waals surface area contributed by atoms with E-state index in [0.29, 0.717) is 44.6 Å². The first kappa shape index (κ1) is 17.4. The van der Waals surface area contributed by atoms with E-state index in [9.17, 15) is 4.79 Å². The molecule has 0 spiro atoms. The van der Waals surface area contributed by atoms with Crippen molar-refractivity contribution in [3.8, 4) is 5.69 Å². The van der Waals surface area contributed by atoms with Gasteiger partial charge in [-0.1, -0.05) is 42.1 Å². The normalized spacial score (nSPS) is 11.3. The fraction of sp³-hybridized carbons (Fsp3) is 0.0500. The summed E-state index contributed by atoms with van der Waals surface area (Å²) in [5.74, 6) is 1.41. The molecule has 0 fully saturated rings. The Morgan fingerprint density at radius 3 is 2.62 bits per heavy atom. The smallest absolute Gasteiger partial charge is 0.265 e. The second-order valence-electron chi connectivity index (χ2n) is 6.31. The Bertz CT molecular complexity index is 1390. The summed E-state index contributed by atoms with van der Waals surface area (Å²) in [5.41, 5.74) is 8.31. The first-order valence-corrected chi connectivity index (χ1v) is 9.84. The van der Waals surface area contributed by atoms with Gasteiger partial charge in [0.1, 0.15) is 17.7 Å². The van der Waals surface area contributed by atoms with Gasteiger partial charge in [0.05, 0.1) is 22.3 Å². The van der Waals surface area contributed by atoms with Crippen LogP contribution < -0.4 is 11.3 Å². The van der Waals surface area contributed by atoms with Crippen molar-refractivity contribution in [1.29, 1.82) is 0 Å². The van der Waals surface area contributed by atoms with Crippen LogP contribution in [0.4, 0.5) is 5.82 Å². The number of nitrogens with zero attached hydrogens (tertiary/aromatic N) is 5. The monoisotopic (exact) mass is 401 g/mol. The summed E-state index contributed by atoms with van der Waals surface area (Å²) >= 11 is 1.42. The fourth-order valence-electron chi connectivity index (χ4n) is 3.15. The maximum absolute atomic E-state index is 13.2. The Labute approximate surface area is 168 Å². The molecule has 3 aromatic heterocycles. The minimum Gasteiger partial charge on any atom is -0.382 e.